The number of carbonyl (C=O) groups is 1. The fourth-order valence-corrected chi connectivity index (χ4v) is 3.25. The van der Waals surface area contributed by atoms with Crippen LogP contribution in [0.25, 0.3) is 0 Å². The average molecular weight is 312 g/mol. The van der Waals surface area contributed by atoms with Crippen LogP contribution < -0.4 is 0 Å². The maximum atomic E-state index is 12.5. The molecule has 0 spiro atoms. The van der Waals surface area contributed by atoms with Crippen LogP contribution in [0.1, 0.15) is 37.8 Å². The van der Waals surface area contributed by atoms with Gasteiger partial charge in [0.2, 0.25) is 5.91 Å². The molecule has 1 aliphatic rings. The molecule has 1 aromatic heterocycles. The van der Waals surface area contributed by atoms with E-state index < -0.39 is 0 Å². The van der Waals surface area contributed by atoms with Crippen molar-refractivity contribution in [1.29, 1.82) is 0 Å². The van der Waals surface area contributed by atoms with Gasteiger partial charge in [0.25, 0.3) is 0 Å². The highest BCUT2D eigenvalue weighted by Crippen LogP contribution is 2.24. The van der Waals surface area contributed by atoms with E-state index in [1.54, 1.807) is 11.0 Å². The molecule has 1 fully saturated rings. The maximum Gasteiger partial charge on any atom is 0.247 e. The van der Waals surface area contributed by atoms with E-state index in [1.807, 2.05) is 11.8 Å². The van der Waals surface area contributed by atoms with Crippen LogP contribution in [0.2, 0.25) is 0 Å². The molecule has 2 heterocycles. The van der Waals surface area contributed by atoms with Crippen molar-refractivity contribution < 1.29 is 4.79 Å². The highest BCUT2D eigenvalue weighted by molar-refractivity contribution is 5.80. The van der Waals surface area contributed by atoms with Gasteiger partial charge in [0.15, 0.2) is 0 Å². The smallest absolute Gasteiger partial charge is 0.247 e. The van der Waals surface area contributed by atoms with Crippen LogP contribution in [-0.4, -0.2) is 38.7 Å². The van der Waals surface area contributed by atoms with Crippen molar-refractivity contribution in [3.05, 3.63) is 48.5 Å². The molecule has 1 unspecified atom stereocenters. The molecule has 3 rings (SSSR count). The Balaban J connectivity index is 1.45. The lowest BCUT2D eigenvalue weighted by atomic mass is 9.90. The average Bonchev–Trinajstić information content (AvgIpc) is 3.15. The lowest BCUT2D eigenvalue weighted by molar-refractivity contribution is -0.136. The SMILES string of the molecule is CC(C(=O)N1CCC(CCc2ccccc2)CC1)n1cncn1. The van der Waals surface area contributed by atoms with Crippen molar-refractivity contribution in [2.24, 2.45) is 5.92 Å². The Morgan fingerprint density at radius 3 is 2.65 bits per heavy atom. The van der Waals surface area contributed by atoms with Gasteiger partial charge in [-0.2, -0.15) is 5.10 Å². The normalized spacial score (nSPS) is 17.2. The lowest BCUT2D eigenvalue weighted by Crippen LogP contribution is -2.42. The second-order valence-corrected chi connectivity index (χ2v) is 6.34. The summed E-state index contributed by atoms with van der Waals surface area (Å²) < 4.78 is 1.63. The predicted octanol–water partition coefficient (Wildman–Crippen LogP) is 2.71. The van der Waals surface area contributed by atoms with Crippen LogP contribution in [0.15, 0.2) is 43.0 Å². The van der Waals surface area contributed by atoms with E-state index in [-0.39, 0.29) is 11.9 Å². The van der Waals surface area contributed by atoms with E-state index in [0.717, 1.165) is 38.3 Å². The molecule has 5 nitrogen and oxygen atoms in total. The van der Waals surface area contributed by atoms with Crippen molar-refractivity contribution in [3.8, 4) is 0 Å². The zero-order chi connectivity index (χ0) is 16.1. The van der Waals surface area contributed by atoms with Crippen molar-refractivity contribution in [3.63, 3.8) is 0 Å². The van der Waals surface area contributed by atoms with Gasteiger partial charge in [-0.3, -0.25) is 4.79 Å². The number of likely N-dealkylation sites (tertiary alicyclic amines) is 1. The molecule has 1 aliphatic heterocycles. The van der Waals surface area contributed by atoms with Gasteiger partial charge in [-0.25, -0.2) is 9.67 Å². The van der Waals surface area contributed by atoms with Gasteiger partial charge in [0.05, 0.1) is 0 Å². The van der Waals surface area contributed by atoms with Gasteiger partial charge in [-0.1, -0.05) is 30.3 Å². The van der Waals surface area contributed by atoms with E-state index in [4.69, 9.17) is 0 Å². The number of aryl methyl sites for hydroxylation is 1. The summed E-state index contributed by atoms with van der Waals surface area (Å²) >= 11 is 0. The molecule has 0 radical (unpaired) electrons. The number of benzene rings is 1. The van der Waals surface area contributed by atoms with Crippen LogP contribution in [0.4, 0.5) is 0 Å². The molecule has 5 heteroatoms. The third kappa shape index (κ3) is 3.97. The van der Waals surface area contributed by atoms with Crippen LogP contribution in [0.5, 0.6) is 0 Å². The Bertz CT molecular complexity index is 603. The first-order valence-electron chi connectivity index (χ1n) is 8.41. The molecule has 0 bridgehead atoms. The fourth-order valence-electron chi connectivity index (χ4n) is 3.25. The molecule has 1 aromatic carbocycles. The summed E-state index contributed by atoms with van der Waals surface area (Å²) in [6, 6.07) is 10.4. The second-order valence-electron chi connectivity index (χ2n) is 6.34. The highest BCUT2D eigenvalue weighted by atomic mass is 16.2. The van der Waals surface area contributed by atoms with E-state index in [0.29, 0.717) is 0 Å². The number of piperidine rings is 1. The van der Waals surface area contributed by atoms with Gasteiger partial charge in [-0.15, -0.1) is 0 Å². The number of aromatic nitrogens is 3. The standard InChI is InChI=1S/C18H24N4O/c1-15(22-14-19-13-20-22)18(23)21-11-9-17(10-12-21)8-7-16-5-3-2-4-6-16/h2-6,13-15,17H,7-12H2,1H3. The van der Waals surface area contributed by atoms with E-state index in [1.165, 1.54) is 18.3 Å². The fraction of sp³-hybridized carbons (Fsp3) is 0.500. The monoisotopic (exact) mass is 312 g/mol. The van der Waals surface area contributed by atoms with Crippen molar-refractivity contribution in [1.82, 2.24) is 19.7 Å². The molecule has 23 heavy (non-hydrogen) atoms. The molecule has 0 N–H and O–H groups in total. The third-order valence-electron chi connectivity index (χ3n) is 4.80. The highest BCUT2D eigenvalue weighted by Gasteiger charge is 2.26. The third-order valence-corrected chi connectivity index (χ3v) is 4.80. The molecule has 1 amide bonds. The maximum absolute atomic E-state index is 12.5. The Labute approximate surface area is 137 Å². The topological polar surface area (TPSA) is 51.0 Å². The van der Waals surface area contributed by atoms with Gasteiger partial charge in [0, 0.05) is 13.1 Å². The summed E-state index contributed by atoms with van der Waals surface area (Å²) in [5.41, 5.74) is 1.41. The molecule has 2 aromatic rings. The van der Waals surface area contributed by atoms with Crippen LogP contribution in [-0.2, 0) is 11.2 Å². The quantitative estimate of drug-likeness (QED) is 0.853. The summed E-state index contributed by atoms with van der Waals surface area (Å²) in [5, 5.41) is 4.07. The summed E-state index contributed by atoms with van der Waals surface area (Å²) in [5.74, 6) is 0.873. The summed E-state index contributed by atoms with van der Waals surface area (Å²) in [7, 11) is 0. The lowest BCUT2D eigenvalue weighted by Gasteiger charge is -2.33. The molecular weight excluding hydrogens is 288 g/mol. The van der Waals surface area contributed by atoms with E-state index in [2.05, 4.69) is 40.4 Å². The molecule has 1 saturated heterocycles. The largest absolute Gasteiger partial charge is 0.341 e. The second kappa shape index (κ2) is 7.40. The minimum Gasteiger partial charge on any atom is -0.341 e. The van der Waals surface area contributed by atoms with Gasteiger partial charge >= 0.3 is 0 Å². The summed E-state index contributed by atoms with van der Waals surface area (Å²) in [4.78, 5) is 18.4. The molecular formula is C18H24N4O. The molecule has 1 atom stereocenters. The minimum atomic E-state index is -0.265. The first-order chi connectivity index (χ1) is 11.2. The Kier molecular flexibility index (Phi) is 5.05. The predicted molar refractivity (Wildman–Crippen MR) is 88.8 cm³/mol. The summed E-state index contributed by atoms with van der Waals surface area (Å²) in [6.45, 7) is 3.60. The van der Waals surface area contributed by atoms with Crippen molar-refractivity contribution in [2.75, 3.05) is 13.1 Å². The number of hydrogen-bond donors (Lipinski definition) is 0. The number of carbonyl (C=O) groups excluding carboxylic acids is 1. The van der Waals surface area contributed by atoms with Gasteiger partial charge in [0.1, 0.15) is 18.7 Å². The number of hydrogen-bond acceptors (Lipinski definition) is 3. The summed E-state index contributed by atoms with van der Waals surface area (Å²) in [6.07, 6.45) is 7.62. The molecule has 0 saturated carbocycles. The van der Waals surface area contributed by atoms with Crippen LogP contribution in [0.3, 0.4) is 0 Å². The molecule has 0 aliphatic carbocycles. The van der Waals surface area contributed by atoms with Gasteiger partial charge < -0.3 is 4.90 Å². The molecule has 122 valence electrons. The zero-order valence-corrected chi connectivity index (χ0v) is 13.6. The first-order valence-corrected chi connectivity index (χ1v) is 8.41. The minimum absolute atomic E-state index is 0.150. The van der Waals surface area contributed by atoms with Crippen LogP contribution in [0, 0.1) is 5.92 Å². The van der Waals surface area contributed by atoms with Crippen molar-refractivity contribution >= 4 is 5.91 Å². The van der Waals surface area contributed by atoms with Crippen LogP contribution >= 0.6 is 0 Å². The van der Waals surface area contributed by atoms with E-state index in [9.17, 15) is 4.79 Å². The Morgan fingerprint density at radius 2 is 2.00 bits per heavy atom. The Morgan fingerprint density at radius 1 is 1.26 bits per heavy atom. The first kappa shape index (κ1) is 15.7. The zero-order valence-electron chi connectivity index (χ0n) is 13.6. The number of rotatable bonds is 5. The number of amides is 1. The van der Waals surface area contributed by atoms with Gasteiger partial charge in [-0.05, 0) is 44.1 Å². The number of nitrogens with zero attached hydrogens (tertiary/aromatic N) is 4. The van der Waals surface area contributed by atoms with E-state index >= 15 is 0 Å². The van der Waals surface area contributed by atoms with Crippen molar-refractivity contribution in [2.45, 2.75) is 38.6 Å². The Hall–Kier alpha value is -2.17.